The first-order valence-corrected chi connectivity index (χ1v) is 9.70. The van der Waals surface area contributed by atoms with Gasteiger partial charge in [-0.25, -0.2) is 4.98 Å². The topological polar surface area (TPSA) is 52.2 Å². The number of piperidine rings is 2. The largest absolute Gasteiger partial charge is 0.341 e. The van der Waals surface area contributed by atoms with Gasteiger partial charge in [-0.3, -0.25) is 9.69 Å². The number of H-pyrrole nitrogens is 1. The van der Waals surface area contributed by atoms with Crippen molar-refractivity contribution in [2.75, 3.05) is 19.6 Å². The van der Waals surface area contributed by atoms with Crippen molar-refractivity contribution in [3.63, 3.8) is 0 Å². The zero-order valence-electron chi connectivity index (χ0n) is 15.1. The molecule has 1 aromatic carbocycles. The first-order chi connectivity index (χ1) is 12.2. The van der Waals surface area contributed by atoms with Crippen molar-refractivity contribution in [3.8, 4) is 0 Å². The van der Waals surface area contributed by atoms with Crippen molar-refractivity contribution in [1.29, 1.82) is 0 Å². The van der Waals surface area contributed by atoms with Crippen LogP contribution in [-0.4, -0.2) is 51.4 Å². The van der Waals surface area contributed by atoms with Crippen molar-refractivity contribution < 1.29 is 4.79 Å². The summed E-state index contributed by atoms with van der Waals surface area (Å²) in [4.78, 5) is 25.2. The van der Waals surface area contributed by atoms with E-state index in [4.69, 9.17) is 4.98 Å². The molecule has 5 nitrogen and oxygen atoms in total. The molecule has 0 aliphatic carbocycles. The van der Waals surface area contributed by atoms with E-state index in [9.17, 15) is 4.79 Å². The fourth-order valence-electron chi connectivity index (χ4n) is 4.48. The third-order valence-electron chi connectivity index (χ3n) is 5.79. The van der Waals surface area contributed by atoms with Crippen LogP contribution >= 0.6 is 0 Å². The number of hydrogen-bond donors (Lipinski definition) is 1. The number of aromatic amines is 1. The highest BCUT2D eigenvalue weighted by atomic mass is 16.2. The zero-order valence-corrected chi connectivity index (χ0v) is 15.1. The fourth-order valence-corrected chi connectivity index (χ4v) is 4.48. The molecule has 0 bridgehead atoms. The first kappa shape index (κ1) is 16.6. The lowest BCUT2D eigenvalue weighted by molar-refractivity contribution is -0.141. The number of amides is 1. The third kappa shape index (κ3) is 3.43. The number of imidazole rings is 1. The number of hydrogen-bond acceptors (Lipinski definition) is 3. The van der Waals surface area contributed by atoms with Gasteiger partial charge >= 0.3 is 0 Å². The van der Waals surface area contributed by atoms with Crippen LogP contribution in [-0.2, 0) is 11.3 Å². The molecular weight excluding hydrogens is 312 g/mol. The van der Waals surface area contributed by atoms with E-state index in [2.05, 4.69) is 33.8 Å². The second-order valence-corrected chi connectivity index (χ2v) is 7.53. The molecule has 1 aromatic heterocycles. The molecule has 2 atom stereocenters. The van der Waals surface area contributed by atoms with E-state index in [0.29, 0.717) is 17.9 Å². The molecule has 2 fully saturated rings. The highest BCUT2D eigenvalue weighted by Crippen LogP contribution is 2.32. The molecule has 134 valence electrons. The number of nitrogens with one attached hydrogen (secondary N) is 1. The van der Waals surface area contributed by atoms with Crippen molar-refractivity contribution >= 4 is 16.9 Å². The average Bonchev–Trinajstić information content (AvgIpc) is 3.03. The number of fused-ring (bicyclic) bond motifs is 2. The van der Waals surface area contributed by atoms with Crippen LogP contribution in [0, 0.1) is 5.92 Å². The summed E-state index contributed by atoms with van der Waals surface area (Å²) in [7, 11) is 0. The van der Waals surface area contributed by atoms with Crippen LogP contribution in [0.15, 0.2) is 24.3 Å². The molecule has 2 aliphatic rings. The average molecular weight is 340 g/mol. The number of carbonyl (C=O) groups is 1. The Bertz CT molecular complexity index is 707. The maximum absolute atomic E-state index is 12.3. The third-order valence-corrected chi connectivity index (χ3v) is 5.79. The number of rotatable bonds is 5. The first-order valence-electron chi connectivity index (χ1n) is 9.70. The Balaban J connectivity index is 1.41. The minimum atomic E-state index is 0.375. The van der Waals surface area contributed by atoms with Gasteiger partial charge in [0.2, 0.25) is 5.91 Å². The molecular formula is C20H28N4O. The molecule has 1 amide bonds. The van der Waals surface area contributed by atoms with Crippen molar-refractivity contribution in [2.45, 2.75) is 51.6 Å². The molecule has 5 heteroatoms. The summed E-state index contributed by atoms with van der Waals surface area (Å²) in [5.74, 6) is 2.04. The summed E-state index contributed by atoms with van der Waals surface area (Å²) >= 11 is 0. The molecule has 2 saturated heterocycles. The Labute approximate surface area is 149 Å². The van der Waals surface area contributed by atoms with Crippen LogP contribution in [0.2, 0.25) is 0 Å². The Morgan fingerprint density at radius 1 is 1.28 bits per heavy atom. The number of unbranched alkanes of at least 4 members (excludes halogenated alkanes) is 1. The highest BCUT2D eigenvalue weighted by molar-refractivity contribution is 5.77. The summed E-state index contributed by atoms with van der Waals surface area (Å²) in [6, 6.07) is 8.66. The number of nitrogens with zero attached hydrogens (tertiary/aromatic N) is 3. The molecule has 3 heterocycles. The SMILES string of the molecule is CCCCN1C(=O)CCC2CN(Cc3nc4ccccc4[nH]3)CCC21. The van der Waals surface area contributed by atoms with Crippen LogP contribution in [0.25, 0.3) is 11.0 Å². The van der Waals surface area contributed by atoms with Gasteiger partial charge in [-0.2, -0.15) is 0 Å². The van der Waals surface area contributed by atoms with Gasteiger partial charge in [-0.05, 0) is 37.3 Å². The summed E-state index contributed by atoms with van der Waals surface area (Å²) in [6.45, 7) is 6.15. The quantitative estimate of drug-likeness (QED) is 0.909. The lowest BCUT2D eigenvalue weighted by Gasteiger charge is -2.47. The maximum Gasteiger partial charge on any atom is 0.222 e. The van der Waals surface area contributed by atoms with E-state index < -0.39 is 0 Å². The van der Waals surface area contributed by atoms with Crippen LogP contribution in [0.4, 0.5) is 0 Å². The second kappa shape index (κ2) is 7.16. The number of carbonyl (C=O) groups excluding carboxylic acids is 1. The summed E-state index contributed by atoms with van der Waals surface area (Å²) < 4.78 is 0. The molecule has 2 aromatic rings. The van der Waals surface area contributed by atoms with Gasteiger partial charge in [0.15, 0.2) is 0 Å². The molecule has 2 aliphatic heterocycles. The van der Waals surface area contributed by atoms with Crippen LogP contribution in [0.5, 0.6) is 0 Å². The van der Waals surface area contributed by atoms with Gasteiger partial charge < -0.3 is 9.88 Å². The molecule has 0 spiro atoms. The molecule has 4 rings (SSSR count). The molecule has 25 heavy (non-hydrogen) atoms. The second-order valence-electron chi connectivity index (χ2n) is 7.53. The van der Waals surface area contributed by atoms with Gasteiger partial charge in [-0.15, -0.1) is 0 Å². The van der Waals surface area contributed by atoms with Gasteiger partial charge in [-0.1, -0.05) is 25.5 Å². The normalized spacial score (nSPS) is 24.7. The molecule has 2 unspecified atom stereocenters. The number of likely N-dealkylation sites (tertiary alicyclic amines) is 2. The minimum absolute atomic E-state index is 0.375. The molecule has 0 saturated carbocycles. The standard InChI is InChI=1S/C20H28N4O/c1-2-3-11-24-18-10-12-23(13-15(18)8-9-20(24)25)14-19-21-16-6-4-5-7-17(16)22-19/h4-7,15,18H,2-3,8-14H2,1H3,(H,21,22). The monoisotopic (exact) mass is 340 g/mol. The summed E-state index contributed by atoms with van der Waals surface area (Å²) in [5, 5.41) is 0. The van der Waals surface area contributed by atoms with E-state index in [1.807, 2.05) is 12.1 Å². The van der Waals surface area contributed by atoms with Crippen molar-refractivity contribution in [2.24, 2.45) is 5.92 Å². The summed E-state index contributed by atoms with van der Waals surface area (Å²) in [6.07, 6.45) is 5.14. The van der Waals surface area contributed by atoms with E-state index in [0.717, 1.165) is 75.1 Å². The van der Waals surface area contributed by atoms with Gasteiger partial charge in [0, 0.05) is 32.1 Å². The van der Waals surface area contributed by atoms with Gasteiger partial charge in [0.1, 0.15) is 5.82 Å². The van der Waals surface area contributed by atoms with Gasteiger partial charge in [0.25, 0.3) is 0 Å². The van der Waals surface area contributed by atoms with Crippen LogP contribution in [0.1, 0.15) is 44.9 Å². The lowest BCUT2D eigenvalue weighted by Crippen LogP contribution is -2.56. The highest BCUT2D eigenvalue weighted by Gasteiger charge is 2.38. The smallest absolute Gasteiger partial charge is 0.222 e. The van der Waals surface area contributed by atoms with E-state index in [-0.39, 0.29) is 0 Å². The summed E-state index contributed by atoms with van der Waals surface area (Å²) in [5.41, 5.74) is 2.16. The predicted octanol–water partition coefficient (Wildman–Crippen LogP) is 3.18. The maximum atomic E-state index is 12.3. The van der Waals surface area contributed by atoms with E-state index >= 15 is 0 Å². The van der Waals surface area contributed by atoms with Crippen LogP contribution in [0.3, 0.4) is 0 Å². The van der Waals surface area contributed by atoms with E-state index in [1.54, 1.807) is 0 Å². The van der Waals surface area contributed by atoms with Gasteiger partial charge in [0.05, 0.1) is 17.6 Å². The Kier molecular flexibility index (Phi) is 4.75. The van der Waals surface area contributed by atoms with Crippen molar-refractivity contribution in [3.05, 3.63) is 30.1 Å². The van der Waals surface area contributed by atoms with Crippen molar-refractivity contribution in [1.82, 2.24) is 19.8 Å². The van der Waals surface area contributed by atoms with Crippen LogP contribution < -0.4 is 0 Å². The Hall–Kier alpha value is -1.88. The lowest BCUT2D eigenvalue weighted by atomic mass is 9.83. The Morgan fingerprint density at radius 2 is 2.16 bits per heavy atom. The minimum Gasteiger partial charge on any atom is -0.341 e. The zero-order chi connectivity index (χ0) is 17.2. The number of benzene rings is 1. The fraction of sp³-hybridized carbons (Fsp3) is 0.600. The Morgan fingerprint density at radius 3 is 3.00 bits per heavy atom. The number of aromatic nitrogens is 2. The predicted molar refractivity (Wildman–Crippen MR) is 99.1 cm³/mol. The molecule has 1 N–H and O–H groups in total. The molecule has 0 radical (unpaired) electrons. The van der Waals surface area contributed by atoms with E-state index in [1.165, 1.54) is 0 Å². The number of para-hydroxylation sites is 2.